The number of benzene rings is 1. The van der Waals surface area contributed by atoms with Gasteiger partial charge in [0.2, 0.25) is 0 Å². The quantitative estimate of drug-likeness (QED) is 0.751. The van der Waals surface area contributed by atoms with Gasteiger partial charge in [-0.2, -0.15) is 0 Å². The summed E-state index contributed by atoms with van der Waals surface area (Å²) in [5, 5.41) is 21.6. The molecule has 0 spiro atoms. The summed E-state index contributed by atoms with van der Waals surface area (Å²) in [6.07, 6.45) is -0.802. The molecule has 1 heterocycles. The summed E-state index contributed by atoms with van der Waals surface area (Å²) in [5.74, 6) is -1.14. The number of halogens is 2. The third-order valence-electron chi connectivity index (χ3n) is 2.99. The molecule has 0 unspecified atom stereocenters. The number of likely N-dealkylation sites (tertiary alicyclic amines) is 1. The molecule has 0 radical (unpaired) electrons. The number of nitrogens with one attached hydrogen (secondary N) is 1. The highest BCUT2D eigenvalue weighted by atomic mass is 79.9. The van der Waals surface area contributed by atoms with Crippen LogP contribution in [0.4, 0.5) is 10.5 Å². The van der Waals surface area contributed by atoms with E-state index in [1.807, 2.05) is 0 Å². The standard InChI is InChI=1S/C12H12BrClN2O4/c13-8-2-1-6(14)3-9(8)15-12(20)16-5-7(17)4-10(16)11(18)19/h1-3,7,10,17H,4-5H2,(H,15,20)(H,18,19)/t7-,10-/m0/s1. The van der Waals surface area contributed by atoms with E-state index < -0.39 is 24.1 Å². The molecule has 1 aliphatic rings. The van der Waals surface area contributed by atoms with Crippen molar-refractivity contribution in [1.29, 1.82) is 0 Å². The van der Waals surface area contributed by atoms with Crippen LogP contribution in [0.15, 0.2) is 22.7 Å². The molecule has 8 heteroatoms. The van der Waals surface area contributed by atoms with E-state index in [9.17, 15) is 14.7 Å². The predicted molar refractivity (Wildman–Crippen MR) is 76.9 cm³/mol. The molecule has 1 aromatic carbocycles. The van der Waals surface area contributed by atoms with Gasteiger partial charge in [-0.05, 0) is 34.1 Å². The van der Waals surface area contributed by atoms with Crippen molar-refractivity contribution < 1.29 is 19.8 Å². The Hall–Kier alpha value is -1.31. The molecule has 2 rings (SSSR count). The van der Waals surface area contributed by atoms with Crippen LogP contribution >= 0.6 is 27.5 Å². The lowest BCUT2D eigenvalue weighted by molar-refractivity contribution is -0.141. The van der Waals surface area contributed by atoms with Crippen molar-refractivity contribution in [3.8, 4) is 0 Å². The summed E-state index contributed by atoms with van der Waals surface area (Å²) in [5.41, 5.74) is 0.438. The van der Waals surface area contributed by atoms with E-state index in [0.29, 0.717) is 15.2 Å². The molecule has 0 aliphatic carbocycles. The van der Waals surface area contributed by atoms with Crippen molar-refractivity contribution in [2.75, 3.05) is 11.9 Å². The van der Waals surface area contributed by atoms with Gasteiger partial charge >= 0.3 is 12.0 Å². The molecule has 1 saturated heterocycles. The molecular weight excluding hydrogens is 351 g/mol. The van der Waals surface area contributed by atoms with E-state index in [-0.39, 0.29) is 13.0 Å². The van der Waals surface area contributed by atoms with E-state index in [2.05, 4.69) is 21.2 Å². The Balaban J connectivity index is 2.15. The van der Waals surface area contributed by atoms with Crippen molar-refractivity contribution in [1.82, 2.24) is 4.90 Å². The molecule has 20 heavy (non-hydrogen) atoms. The van der Waals surface area contributed by atoms with Gasteiger partial charge in [0, 0.05) is 22.5 Å². The first-order valence-electron chi connectivity index (χ1n) is 5.82. The van der Waals surface area contributed by atoms with E-state index in [4.69, 9.17) is 16.7 Å². The van der Waals surface area contributed by atoms with E-state index in [0.717, 1.165) is 4.90 Å². The maximum atomic E-state index is 12.1. The third kappa shape index (κ3) is 3.23. The van der Waals surface area contributed by atoms with Gasteiger partial charge in [0.1, 0.15) is 6.04 Å². The number of hydrogen-bond acceptors (Lipinski definition) is 3. The SMILES string of the molecule is O=C(O)[C@@H]1C[C@H](O)CN1C(=O)Nc1cc(Cl)ccc1Br. The summed E-state index contributed by atoms with van der Waals surface area (Å²) in [4.78, 5) is 24.3. The lowest BCUT2D eigenvalue weighted by Gasteiger charge is -2.22. The first kappa shape index (κ1) is 15.1. The van der Waals surface area contributed by atoms with Crippen LogP contribution in [-0.4, -0.2) is 45.8 Å². The number of aliphatic carboxylic acids is 1. The van der Waals surface area contributed by atoms with Crippen LogP contribution < -0.4 is 5.32 Å². The summed E-state index contributed by atoms with van der Waals surface area (Å²) in [7, 11) is 0. The number of carbonyl (C=O) groups is 2. The number of aliphatic hydroxyl groups is 1. The second-order valence-corrected chi connectivity index (χ2v) is 5.74. The Morgan fingerprint density at radius 2 is 2.15 bits per heavy atom. The number of carboxylic acid groups (broad SMARTS) is 1. The zero-order valence-electron chi connectivity index (χ0n) is 10.2. The zero-order chi connectivity index (χ0) is 14.9. The van der Waals surface area contributed by atoms with Crippen molar-refractivity contribution in [3.63, 3.8) is 0 Å². The Bertz CT molecular complexity index is 554. The number of carboxylic acids is 1. The molecule has 1 fully saturated rings. The number of aliphatic hydroxyl groups excluding tert-OH is 1. The Morgan fingerprint density at radius 3 is 2.80 bits per heavy atom. The maximum Gasteiger partial charge on any atom is 0.326 e. The second-order valence-electron chi connectivity index (χ2n) is 4.45. The number of anilines is 1. The highest BCUT2D eigenvalue weighted by molar-refractivity contribution is 9.10. The van der Waals surface area contributed by atoms with Crippen molar-refractivity contribution in [3.05, 3.63) is 27.7 Å². The largest absolute Gasteiger partial charge is 0.480 e. The van der Waals surface area contributed by atoms with Gasteiger partial charge in [-0.1, -0.05) is 11.6 Å². The van der Waals surface area contributed by atoms with Crippen molar-refractivity contribution >= 4 is 45.2 Å². The van der Waals surface area contributed by atoms with Crippen LogP contribution in [0.5, 0.6) is 0 Å². The highest BCUT2D eigenvalue weighted by Gasteiger charge is 2.39. The van der Waals surface area contributed by atoms with Crippen molar-refractivity contribution in [2.45, 2.75) is 18.6 Å². The lowest BCUT2D eigenvalue weighted by Crippen LogP contribution is -2.43. The predicted octanol–water partition coefficient (Wildman–Crippen LogP) is 2.15. The molecular formula is C12H12BrClN2O4. The second kappa shape index (κ2) is 5.99. The molecule has 3 N–H and O–H groups in total. The van der Waals surface area contributed by atoms with Gasteiger partial charge in [-0.15, -0.1) is 0 Å². The van der Waals surface area contributed by atoms with Gasteiger partial charge < -0.3 is 20.4 Å². The van der Waals surface area contributed by atoms with Gasteiger partial charge in [0.15, 0.2) is 0 Å². The van der Waals surface area contributed by atoms with Crippen LogP contribution in [0, 0.1) is 0 Å². The summed E-state index contributed by atoms with van der Waals surface area (Å²) >= 11 is 9.11. The average Bonchev–Trinajstić information content (AvgIpc) is 2.76. The summed E-state index contributed by atoms with van der Waals surface area (Å²) in [6, 6.07) is 3.26. The topological polar surface area (TPSA) is 89.9 Å². The molecule has 1 aromatic rings. The highest BCUT2D eigenvalue weighted by Crippen LogP contribution is 2.27. The number of rotatable bonds is 2. The molecule has 2 amide bonds. The molecule has 0 saturated carbocycles. The first-order valence-corrected chi connectivity index (χ1v) is 6.99. The minimum Gasteiger partial charge on any atom is -0.480 e. The zero-order valence-corrected chi connectivity index (χ0v) is 12.6. The minimum atomic E-state index is -1.14. The van der Waals surface area contributed by atoms with Gasteiger partial charge in [-0.3, -0.25) is 0 Å². The van der Waals surface area contributed by atoms with Gasteiger partial charge in [0.05, 0.1) is 11.8 Å². The monoisotopic (exact) mass is 362 g/mol. The number of nitrogens with zero attached hydrogens (tertiary/aromatic N) is 1. The normalized spacial score (nSPS) is 21.9. The lowest BCUT2D eigenvalue weighted by atomic mass is 10.2. The maximum absolute atomic E-state index is 12.1. The number of hydrogen-bond donors (Lipinski definition) is 3. The fraction of sp³-hybridized carbons (Fsp3) is 0.333. The van der Waals surface area contributed by atoms with Crippen LogP contribution in [0.2, 0.25) is 5.02 Å². The molecule has 2 atom stereocenters. The fourth-order valence-corrected chi connectivity index (χ4v) is 2.57. The number of β-amino-alcohol motifs (C(OH)–C–C–N with tert-alkyl or cyclic N) is 1. The molecule has 0 aromatic heterocycles. The molecule has 6 nitrogen and oxygen atoms in total. The Morgan fingerprint density at radius 1 is 1.45 bits per heavy atom. The number of amides is 2. The minimum absolute atomic E-state index is 0.0129. The summed E-state index contributed by atoms with van der Waals surface area (Å²) < 4.78 is 0.627. The van der Waals surface area contributed by atoms with E-state index in [1.165, 1.54) is 0 Å². The molecule has 0 bridgehead atoms. The Labute approximate surface area is 128 Å². The van der Waals surface area contributed by atoms with Crippen LogP contribution in [0.25, 0.3) is 0 Å². The summed E-state index contributed by atoms with van der Waals surface area (Å²) in [6.45, 7) is -0.0129. The van der Waals surface area contributed by atoms with E-state index in [1.54, 1.807) is 18.2 Å². The van der Waals surface area contributed by atoms with Crippen molar-refractivity contribution in [2.24, 2.45) is 0 Å². The fourth-order valence-electron chi connectivity index (χ4n) is 2.05. The van der Waals surface area contributed by atoms with Crippen LogP contribution in [0.3, 0.4) is 0 Å². The number of urea groups is 1. The van der Waals surface area contributed by atoms with Crippen LogP contribution in [0.1, 0.15) is 6.42 Å². The first-order chi connectivity index (χ1) is 9.38. The smallest absolute Gasteiger partial charge is 0.326 e. The molecule has 108 valence electrons. The third-order valence-corrected chi connectivity index (χ3v) is 3.92. The number of carbonyl (C=O) groups excluding carboxylic acids is 1. The van der Waals surface area contributed by atoms with E-state index >= 15 is 0 Å². The van der Waals surface area contributed by atoms with Gasteiger partial charge in [-0.25, -0.2) is 9.59 Å². The average molecular weight is 364 g/mol. The van der Waals surface area contributed by atoms with Crippen LogP contribution in [-0.2, 0) is 4.79 Å². The van der Waals surface area contributed by atoms with Gasteiger partial charge in [0.25, 0.3) is 0 Å². The Kier molecular flexibility index (Phi) is 4.52. The molecule has 1 aliphatic heterocycles.